The van der Waals surface area contributed by atoms with Crippen molar-refractivity contribution in [1.82, 2.24) is 10.6 Å². The molecule has 1 amide bonds. The monoisotopic (exact) mass is 348 g/mol. The van der Waals surface area contributed by atoms with E-state index in [1.54, 1.807) is 6.07 Å². The van der Waals surface area contributed by atoms with Crippen LogP contribution in [-0.4, -0.2) is 25.0 Å². The Labute approximate surface area is 149 Å². The second kappa shape index (κ2) is 7.41. The third-order valence-electron chi connectivity index (χ3n) is 4.26. The molecule has 1 aliphatic rings. The zero-order valence-electron chi connectivity index (χ0n) is 14.4. The van der Waals surface area contributed by atoms with Crippen LogP contribution in [0.15, 0.2) is 40.8 Å². The van der Waals surface area contributed by atoms with Gasteiger partial charge in [-0.15, -0.1) is 12.4 Å². The van der Waals surface area contributed by atoms with Crippen LogP contribution >= 0.6 is 12.4 Å². The summed E-state index contributed by atoms with van der Waals surface area (Å²) in [6.07, 6.45) is 0.966. The molecule has 0 aliphatic carbocycles. The van der Waals surface area contributed by atoms with Gasteiger partial charge in [0, 0.05) is 18.2 Å². The van der Waals surface area contributed by atoms with Crippen LogP contribution in [-0.2, 0) is 5.41 Å². The highest BCUT2D eigenvalue weighted by Crippen LogP contribution is 2.27. The van der Waals surface area contributed by atoms with Gasteiger partial charge in [0.25, 0.3) is 5.91 Å². The van der Waals surface area contributed by atoms with Crippen molar-refractivity contribution >= 4 is 18.3 Å². The summed E-state index contributed by atoms with van der Waals surface area (Å²) in [5, 5.41) is 6.23. The van der Waals surface area contributed by atoms with Crippen LogP contribution in [0.5, 0.6) is 0 Å². The smallest absolute Gasteiger partial charge is 0.287 e. The molecule has 5 heteroatoms. The lowest BCUT2D eigenvalue weighted by molar-refractivity contribution is 0.0913. The summed E-state index contributed by atoms with van der Waals surface area (Å²) in [5.74, 6) is 0.947. The van der Waals surface area contributed by atoms with Crippen molar-refractivity contribution in [3.8, 4) is 11.3 Å². The lowest BCUT2D eigenvalue weighted by Crippen LogP contribution is -2.35. The number of amides is 1. The van der Waals surface area contributed by atoms with E-state index in [0.717, 1.165) is 30.8 Å². The average molecular weight is 349 g/mol. The number of rotatable bonds is 3. The molecular formula is C19H25ClN2O2. The van der Waals surface area contributed by atoms with Gasteiger partial charge in [-0.2, -0.15) is 0 Å². The van der Waals surface area contributed by atoms with Crippen molar-refractivity contribution in [2.24, 2.45) is 0 Å². The van der Waals surface area contributed by atoms with Crippen LogP contribution in [0.3, 0.4) is 0 Å². The molecule has 0 saturated carbocycles. The molecule has 2 aromatic rings. The number of benzene rings is 1. The molecule has 1 unspecified atom stereocenters. The molecule has 130 valence electrons. The first kappa shape index (κ1) is 18.6. The Morgan fingerprint density at radius 3 is 2.46 bits per heavy atom. The highest BCUT2D eigenvalue weighted by molar-refractivity contribution is 5.92. The third kappa shape index (κ3) is 4.19. The molecule has 1 fully saturated rings. The van der Waals surface area contributed by atoms with E-state index in [9.17, 15) is 4.79 Å². The summed E-state index contributed by atoms with van der Waals surface area (Å²) < 4.78 is 5.73. The third-order valence-corrected chi connectivity index (χ3v) is 4.26. The predicted octanol–water partition coefficient (Wildman–Crippen LogP) is 3.76. The molecule has 1 aromatic carbocycles. The molecule has 2 N–H and O–H groups in total. The van der Waals surface area contributed by atoms with Gasteiger partial charge in [-0.3, -0.25) is 4.79 Å². The Morgan fingerprint density at radius 2 is 1.88 bits per heavy atom. The van der Waals surface area contributed by atoms with Crippen molar-refractivity contribution in [2.75, 3.05) is 13.1 Å². The van der Waals surface area contributed by atoms with Crippen LogP contribution in [0.1, 0.15) is 43.3 Å². The zero-order chi connectivity index (χ0) is 16.4. The van der Waals surface area contributed by atoms with Crippen LogP contribution in [0.2, 0.25) is 0 Å². The Hall–Kier alpha value is -1.78. The van der Waals surface area contributed by atoms with Crippen molar-refractivity contribution in [1.29, 1.82) is 0 Å². The van der Waals surface area contributed by atoms with Gasteiger partial charge < -0.3 is 15.1 Å². The first-order valence-electron chi connectivity index (χ1n) is 8.16. The predicted molar refractivity (Wildman–Crippen MR) is 98.8 cm³/mol. The normalized spacial score (nSPS) is 17.4. The minimum absolute atomic E-state index is 0. The fourth-order valence-corrected chi connectivity index (χ4v) is 2.78. The Morgan fingerprint density at radius 1 is 1.17 bits per heavy atom. The molecule has 0 spiro atoms. The summed E-state index contributed by atoms with van der Waals surface area (Å²) in [6.45, 7) is 8.35. The molecule has 1 saturated heterocycles. The topological polar surface area (TPSA) is 54.3 Å². The highest BCUT2D eigenvalue weighted by atomic mass is 35.5. The second-order valence-electron chi connectivity index (χ2n) is 7.15. The van der Waals surface area contributed by atoms with Crippen molar-refractivity contribution in [2.45, 2.75) is 38.6 Å². The van der Waals surface area contributed by atoms with Gasteiger partial charge in [0.05, 0.1) is 0 Å². The van der Waals surface area contributed by atoms with Crippen molar-refractivity contribution < 1.29 is 9.21 Å². The minimum atomic E-state index is -0.142. The lowest BCUT2D eigenvalue weighted by atomic mass is 9.86. The summed E-state index contributed by atoms with van der Waals surface area (Å²) in [4.78, 5) is 12.2. The van der Waals surface area contributed by atoms with E-state index in [0.29, 0.717) is 5.76 Å². The van der Waals surface area contributed by atoms with E-state index in [1.807, 2.05) is 18.2 Å². The average Bonchev–Trinajstić information content (AvgIpc) is 3.17. The first-order chi connectivity index (χ1) is 10.9. The fraction of sp³-hybridized carbons (Fsp3) is 0.421. The summed E-state index contributed by atoms with van der Waals surface area (Å²) >= 11 is 0. The lowest BCUT2D eigenvalue weighted by Gasteiger charge is -2.18. The van der Waals surface area contributed by atoms with Gasteiger partial charge in [0.15, 0.2) is 5.76 Å². The molecule has 0 radical (unpaired) electrons. The molecule has 24 heavy (non-hydrogen) atoms. The standard InChI is InChI=1S/C19H24N2O2.ClH/c1-19(2,3)14-6-4-13(5-7-14)16-8-9-17(23-16)18(22)21-15-10-11-20-12-15;/h4-9,15,20H,10-12H2,1-3H3,(H,21,22);1H. The molecular weight excluding hydrogens is 324 g/mol. The van der Waals surface area contributed by atoms with Crippen molar-refractivity contribution in [3.05, 3.63) is 47.7 Å². The van der Waals surface area contributed by atoms with Gasteiger partial charge >= 0.3 is 0 Å². The van der Waals surface area contributed by atoms with Gasteiger partial charge in [-0.25, -0.2) is 0 Å². The summed E-state index contributed by atoms with van der Waals surface area (Å²) in [6, 6.07) is 12.1. The molecule has 4 nitrogen and oxygen atoms in total. The number of carbonyl (C=O) groups is 1. The fourth-order valence-electron chi connectivity index (χ4n) is 2.78. The highest BCUT2D eigenvalue weighted by Gasteiger charge is 2.20. The van der Waals surface area contributed by atoms with E-state index in [-0.39, 0.29) is 29.8 Å². The second-order valence-corrected chi connectivity index (χ2v) is 7.15. The quantitative estimate of drug-likeness (QED) is 0.888. The van der Waals surface area contributed by atoms with E-state index in [4.69, 9.17) is 4.42 Å². The molecule has 0 bridgehead atoms. The largest absolute Gasteiger partial charge is 0.451 e. The van der Waals surface area contributed by atoms with Gasteiger partial charge in [0.1, 0.15) is 5.76 Å². The number of furan rings is 1. The van der Waals surface area contributed by atoms with Crippen LogP contribution in [0.25, 0.3) is 11.3 Å². The Kier molecular flexibility index (Phi) is 5.73. The summed E-state index contributed by atoms with van der Waals surface area (Å²) in [7, 11) is 0. The van der Waals surface area contributed by atoms with Gasteiger partial charge in [-0.1, -0.05) is 45.0 Å². The van der Waals surface area contributed by atoms with E-state index < -0.39 is 0 Å². The van der Waals surface area contributed by atoms with E-state index >= 15 is 0 Å². The molecule has 1 aromatic heterocycles. The SMILES string of the molecule is CC(C)(C)c1ccc(-c2ccc(C(=O)NC3CCNC3)o2)cc1.Cl. The number of hydrogen-bond donors (Lipinski definition) is 2. The van der Waals surface area contributed by atoms with E-state index in [2.05, 4.69) is 43.5 Å². The number of halogens is 1. The Balaban J connectivity index is 0.00000208. The first-order valence-corrected chi connectivity index (χ1v) is 8.16. The number of nitrogens with one attached hydrogen (secondary N) is 2. The van der Waals surface area contributed by atoms with Gasteiger partial charge in [-0.05, 0) is 36.1 Å². The van der Waals surface area contributed by atoms with Crippen molar-refractivity contribution in [3.63, 3.8) is 0 Å². The maximum absolute atomic E-state index is 12.2. The Bertz CT molecular complexity index is 680. The molecule has 2 heterocycles. The molecule has 1 aliphatic heterocycles. The number of carbonyl (C=O) groups excluding carboxylic acids is 1. The molecule has 1 atom stereocenters. The molecule has 3 rings (SSSR count). The van der Waals surface area contributed by atoms with Crippen LogP contribution < -0.4 is 10.6 Å². The minimum Gasteiger partial charge on any atom is -0.451 e. The van der Waals surface area contributed by atoms with Gasteiger partial charge in [0.2, 0.25) is 0 Å². The summed E-state index contributed by atoms with van der Waals surface area (Å²) in [5.41, 5.74) is 2.39. The number of hydrogen-bond acceptors (Lipinski definition) is 3. The van der Waals surface area contributed by atoms with Crippen LogP contribution in [0.4, 0.5) is 0 Å². The zero-order valence-corrected chi connectivity index (χ0v) is 15.2. The maximum atomic E-state index is 12.2. The maximum Gasteiger partial charge on any atom is 0.287 e. The van der Waals surface area contributed by atoms with Crippen LogP contribution in [0, 0.1) is 0 Å². The van der Waals surface area contributed by atoms with E-state index in [1.165, 1.54) is 5.56 Å².